The average molecular weight is 257 g/mol. The molecule has 0 aromatic rings. The molecule has 0 bridgehead atoms. The first-order valence-electron chi connectivity index (χ1n) is 7.05. The predicted octanol–water partition coefficient (Wildman–Crippen LogP) is 3.71. The van der Waals surface area contributed by atoms with Crippen LogP contribution in [-0.4, -0.2) is 11.9 Å². The fourth-order valence-corrected chi connectivity index (χ4v) is 3.32. The summed E-state index contributed by atoms with van der Waals surface area (Å²) in [6, 6.07) is 0. The van der Waals surface area contributed by atoms with E-state index in [9.17, 15) is 13.6 Å². The molecule has 18 heavy (non-hydrogen) atoms. The smallest absolute Gasteiger partial charge is 0.309 e. The van der Waals surface area contributed by atoms with Crippen LogP contribution < -0.4 is 0 Å². The van der Waals surface area contributed by atoms with Gasteiger partial charge in [-0.05, 0) is 31.6 Å². The Morgan fingerprint density at radius 2 is 1.83 bits per heavy atom. The van der Waals surface area contributed by atoms with E-state index in [-0.39, 0.29) is 24.4 Å². The van der Waals surface area contributed by atoms with Crippen LogP contribution in [0.3, 0.4) is 0 Å². The summed E-state index contributed by atoms with van der Waals surface area (Å²) >= 11 is 0. The number of carbonyl (C=O) groups is 1. The summed E-state index contributed by atoms with van der Waals surface area (Å²) < 4.78 is 33.1. The van der Waals surface area contributed by atoms with Crippen LogP contribution in [0.25, 0.3) is 0 Å². The largest absolute Gasteiger partial charge is 0.447 e. The topological polar surface area (TPSA) is 26.3 Å². The van der Waals surface area contributed by atoms with E-state index in [1.165, 1.54) is 0 Å². The molecule has 0 aromatic heterocycles. The van der Waals surface area contributed by atoms with Gasteiger partial charge < -0.3 is 4.74 Å². The van der Waals surface area contributed by atoms with Gasteiger partial charge in [-0.25, -0.2) is 8.78 Å². The maximum atomic E-state index is 14.0. The number of rotatable bonds is 2. The van der Waals surface area contributed by atoms with Gasteiger partial charge in [0.15, 0.2) is 0 Å². The van der Waals surface area contributed by atoms with Gasteiger partial charge in [0.1, 0.15) is 0 Å². The average Bonchev–Trinajstić information content (AvgIpc) is 3.17. The number of halogens is 2. The molecule has 3 fully saturated rings. The third kappa shape index (κ3) is 2.26. The van der Waals surface area contributed by atoms with Crippen molar-refractivity contribution in [1.82, 2.24) is 0 Å². The van der Waals surface area contributed by atoms with Gasteiger partial charge >= 0.3 is 5.97 Å². The Morgan fingerprint density at radius 3 is 2.56 bits per heavy atom. The van der Waals surface area contributed by atoms with Crippen molar-refractivity contribution in [2.45, 2.75) is 57.3 Å². The van der Waals surface area contributed by atoms with Crippen molar-refractivity contribution in [1.29, 1.82) is 0 Å². The molecule has 0 amide bonds. The van der Waals surface area contributed by atoms with Crippen LogP contribution in [0.5, 0.6) is 0 Å². The highest BCUT2D eigenvalue weighted by Crippen LogP contribution is 2.52. The summed E-state index contributed by atoms with van der Waals surface area (Å²) in [6.45, 7) is 0. The van der Waals surface area contributed by atoms with E-state index in [2.05, 4.69) is 0 Å². The second-order valence-corrected chi connectivity index (χ2v) is 5.95. The maximum Gasteiger partial charge on any atom is 0.309 e. The summed E-state index contributed by atoms with van der Waals surface area (Å²) in [6.07, 6.45) is 5.67. The van der Waals surface area contributed by atoms with Crippen molar-refractivity contribution in [3.8, 4) is 0 Å². The lowest BCUT2D eigenvalue weighted by molar-refractivity contribution is -0.169. The van der Waals surface area contributed by atoms with Crippen molar-refractivity contribution in [2.75, 3.05) is 0 Å². The number of fused-ring (bicyclic) bond motifs is 1. The fourth-order valence-electron chi connectivity index (χ4n) is 3.32. The molecule has 3 aliphatic rings. The Hall–Kier alpha value is -0.670. The van der Waals surface area contributed by atoms with Crippen LogP contribution >= 0.6 is 0 Å². The van der Waals surface area contributed by atoms with E-state index < -0.39 is 11.9 Å². The van der Waals surface area contributed by atoms with E-state index in [0.29, 0.717) is 12.3 Å². The molecule has 0 N–H and O–H groups in total. The number of hydrogen-bond donors (Lipinski definition) is 0. The third-order valence-corrected chi connectivity index (χ3v) is 4.56. The molecule has 4 heteroatoms. The Bertz CT molecular complexity index is 339. The SMILES string of the molecule is O=C(O[C]1C2CCCCC2CCC1(F)F)C1CC1. The van der Waals surface area contributed by atoms with Gasteiger partial charge in [0.2, 0.25) is 6.10 Å². The highest BCUT2D eigenvalue weighted by molar-refractivity contribution is 5.75. The molecule has 0 aliphatic heterocycles. The van der Waals surface area contributed by atoms with Gasteiger partial charge in [0.25, 0.3) is 5.92 Å². The van der Waals surface area contributed by atoms with Crippen LogP contribution in [0.4, 0.5) is 8.78 Å². The number of alkyl halides is 2. The monoisotopic (exact) mass is 257 g/mol. The van der Waals surface area contributed by atoms with Gasteiger partial charge in [-0.2, -0.15) is 0 Å². The van der Waals surface area contributed by atoms with E-state index in [1.54, 1.807) is 0 Å². The second kappa shape index (κ2) is 4.46. The Labute approximate surface area is 106 Å². The standard InChI is InChI=1S/C14H19F2O2/c15-14(16)8-7-9-3-1-2-4-11(9)12(14)18-13(17)10-5-6-10/h9-11H,1-8H2. The number of ether oxygens (including phenoxy) is 1. The molecule has 101 valence electrons. The number of esters is 1. The van der Waals surface area contributed by atoms with Gasteiger partial charge in [0.05, 0.1) is 5.92 Å². The molecular weight excluding hydrogens is 238 g/mol. The predicted molar refractivity (Wildman–Crippen MR) is 61.7 cm³/mol. The van der Waals surface area contributed by atoms with Crippen LogP contribution in [-0.2, 0) is 9.53 Å². The zero-order chi connectivity index (χ0) is 12.8. The minimum atomic E-state index is -2.90. The van der Waals surface area contributed by atoms with E-state index >= 15 is 0 Å². The molecule has 3 aliphatic carbocycles. The van der Waals surface area contributed by atoms with E-state index in [1.807, 2.05) is 0 Å². The van der Waals surface area contributed by atoms with Gasteiger partial charge in [-0.1, -0.05) is 19.3 Å². The quantitative estimate of drug-likeness (QED) is 0.705. The van der Waals surface area contributed by atoms with Crippen molar-refractivity contribution in [3.05, 3.63) is 6.10 Å². The second-order valence-electron chi connectivity index (χ2n) is 5.95. The lowest BCUT2D eigenvalue weighted by Gasteiger charge is -2.43. The first-order valence-corrected chi connectivity index (χ1v) is 7.05. The Kier molecular flexibility index (Phi) is 3.07. The number of carbonyl (C=O) groups excluding carboxylic acids is 1. The molecular formula is C14H19F2O2. The summed E-state index contributed by atoms with van der Waals surface area (Å²) in [5.74, 6) is -3.32. The summed E-state index contributed by atoms with van der Waals surface area (Å²) in [5.41, 5.74) is 0. The first-order chi connectivity index (χ1) is 8.58. The Balaban J connectivity index is 1.74. The highest BCUT2D eigenvalue weighted by Gasteiger charge is 2.55. The molecule has 2 unspecified atom stereocenters. The molecule has 2 nitrogen and oxygen atoms in total. The Morgan fingerprint density at radius 1 is 1.11 bits per heavy atom. The minimum absolute atomic E-state index is 0.114. The molecule has 3 saturated carbocycles. The van der Waals surface area contributed by atoms with E-state index in [0.717, 1.165) is 38.5 Å². The molecule has 0 spiro atoms. The van der Waals surface area contributed by atoms with Crippen LogP contribution in [0.2, 0.25) is 0 Å². The third-order valence-electron chi connectivity index (χ3n) is 4.56. The lowest BCUT2D eigenvalue weighted by Crippen LogP contribution is -2.44. The molecule has 0 saturated heterocycles. The van der Waals surface area contributed by atoms with Gasteiger partial charge in [0, 0.05) is 12.3 Å². The molecule has 1 radical (unpaired) electrons. The lowest BCUT2D eigenvalue weighted by atomic mass is 9.68. The molecule has 3 rings (SSSR count). The minimum Gasteiger partial charge on any atom is -0.447 e. The zero-order valence-electron chi connectivity index (χ0n) is 10.5. The summed E-state index contributed by atoms with van der Waals surface area (Å²) in [5, 5.41) is 0. The molecule has 2 atom stereocenters. The summed E-state index contributed by atoms with van der Waals surface area (Å²) in [7, 11) is 0. The van der Waals surface area contributed by atoms with Crippen LogP contribution in [0.1, 0.15) is 51.4 Å². The van der Waals surface area contributed by atoms with E-state index in [4.69, 9.17) is 4.74 Å². The van der Waals surface area contributed by atoms with Crippen molar-refractivity contribution in [3.63, 3.8) is 0 Å². The number of hydrogen-bond acceptors (Lipinski definition) is 2. The van der Waals surface area contributed by atoms with Crippen molar-refractivity contribution < 1.29 is 18.3 Å². The van der Waals surface area contributed by atoms with Gasteiger partial charge in [-0.15, -0.1) is 0 Å². The normalized spacial score (nSPS) is 35.9. The molecule has 0 heterocycles. The maximum absolute atomic E-state index is 14.0. The zero-order valence-corrected chi connectivity index (χ0v) is 10.5. The fraction of sp³-hybridized carbons (Fsp3) is 0.857. The summed E-state index contributed by atoms with van der Waals surface area (Å²) in [4.78, 5) is 11.7. The van der Waals surface area contributed by atoms with Crippen LogP contribution in [0, 0.1) is 23.9 Å². The molecule has 0 aromatic carbocycles. The first kappa shape index (κ1) is 12.4. The van der Waals surface area contributed by atoms with Crippen molar-refractivity contribution >= 4 is 5.97 Å². The van der Waals surface area contributed by atoms with Crippen LogP contribution in [0.15, 0.2) is 0 Å². The van der Waals surface area contributed by atoms with Gasteiger partial charge in [-0.3, -0.25) is 4.79 Å². The van der Waals surface area contributed by atoms with Crippen molar-refractivity contribution in [2.24, 2.45) is 17.8 Å². The highest BCUT2D eigenvalue weighted by atomic mass is 19.3.